The highest BCUT2D eigenvalue weighted by Crippen LogP contribution is 2.05. The van der Waals surface area contributed by atoms with E-state index < -0.39 is 0 Å². The van der Waals surface area contributed by atoms with Gasteiger partial charge in [-0.2, -0.15) is 0 Å². The van der Waals surface area contributed by atoms with Crippen LogP contribution in [0.4, 0.5) is 0 Å². The van der Waals surface area contributed by atoms with E-state index in [9.17, 15) is 4.79 Å². The fourth-order valence-corrected chi connectivity index (χ4v) is 1.78. The molecule has 0 radical (unpaired) electrons. The molecule has 1 rings (SSSR count). The summed E-state index contributed by atoms with van der Waals surface area (Å²) in [7, 11) is 1.78. The molecule has 1 aliphatic rings. The Morgan fingerprint density at radius 2 is 2.00 bits per heavy atom. The van der Waals surface area contributed by atoms with Crippen LogP contribution in [0.2, 0.25) is 0 Å². The number of likely N-dealkylation sites (N-methyl/N-ethyl adjacent to an activating group) is 1. The van der Waals surface area contributed by atoms with Crippen molar-refractivity contribution < 1.29 is 4.79 Å². The van der Waals surface area contributed by atoms with Crippen LogP contribution in [-0.2, 0) is 4.79 Å². The summed E-state index contributed by atoms with van der Waals surface area (Å²) in [4.78, 5) is 15.3. The Balaban J connectivity index is 0.000000388. The van der Waals surface area contributed by atoms with Gasteiger partial charge in [-0.3, -0.25) is 4.79 Å². The first-order valence-corrected chi connectivity index (χ1v) is 7.06. The van der Waals surface area contributed by atoms with Gasteiger partial charge in [0.15, 0.2) is 0 Å². The van der Waals surface area contributed by atoms with Crippen LogP contribution in [0.3, 0.4) is 0 Å². The lowest BCUT2D eigenvalue weighted by molar-refractivity contribution is -0.126. The summed E-state index contributed by atoms with van der Waals surface area (Å²) < 4.78 is 0. The van der Waals surface area contributed by atoms with E-state index in [2.05, 4.69) is 18.1 Å². The van der Waals surface area contributed by atoms with E-state index in [1.165, 1.54) is 25.9 Å². The smallest absolute Gasteiger partial charge is 0.248 e. The molecule has 0 aliphatic carbocycles. The highest BCUT2D eigenvalue weighted by atomic mass is 16.2. The van der Waals surface area contributed by atoms with Crippen LogP contribution < -0.4 is 5.73 Å². The molecule has 4 heteroatoms. The largest absolute Gasteiger partial charge is 0.378 e. The zero-order chi connectivity index (χ0) is 14.7. The molecule has 110 valence electrons. The van der Waals surface area contributed by atoms with E-state index >= 15 is 0 Å². The molecular formula is C15H29N3O. The molecule has 0 spiro atoms. The van der Waals surface area contributed by atoms with Gasteiger partial charge < -0.3 is 15.5 Å². The molecule has 0 bridgehead atoms. The molecule has 4 nitrogen and oxygen atoms in total. The number of likely N-dealkylation sites (tertiary alicyclic amines) is 1. The Labute approximate surface area is 117 Å². The number of nitrogens with two attached hydrogens (primary N) is 1. The summed E-state index contributed by atoms with van der Waals surface area (Å²) in [6.45, 7) is 13.1. The average Bonchev–Trinajstić information content (AvgIpc) is 2.97. The molecule has 0 aromatic rings. The Hall–Kier alpha value is -1.29. The van der Waals surface area contributed by atoms with Crippen molar-refractivity contribution in [1.29, 1.82) is 0 Å². The standard InChI is InChI=1S/C9H18N2O.C6H11N/c1-4-8(2)9(12)11(3)7-5-6-10;1-2-7-5-3-4-6-7/h2,4-7,10H2,1,3H3;2H,1,3-6H2. The van der Waals surface area contributed by atoms with Gasteiger partial charge in [-0.05, 0) is 38.4 Å². The van der Waals surface area contributed by atoms with Crippen molar-refractivity contribution in [2.75, 3.05) is 33.2 Å². The maximum absolute atomic E-state index is 11.4. The molecule has 0 atom stereocenters. The van der Waals surface area contributed by atoms with Crippen LogP contribution in [0.5, 0.6) is 0 Å². The molecule has 19 heavy (non-hydrogen) atoms. The molecule has 1 amide bonds. The van der Waals surface area contributed by atoms with Crippen LogP contribution in [0.1, 0.15) is 32.6 Å². The van der Waals surface area contributed by atoms with Crippen LogP contribution >= 0.6 is 0 Å². The molecule has 0 aromatic carbocycles. The zero-order valence-corrected chi connectivity index (χ0v) is 12.5. The summed E-state index contributed by atoms with van der Waals surface area (Å²) in [5, 5.41) is 0. The number of hydrogen-bond donors (Lipinski definition) is 1. The second-order valence-corrected chi connectivity index (χ2v) is 4.75. The summed E-state index contributed by atoms with van der Waals surface area (Å²) >= 11 is 0. The Kier molecular flexibility index (Phi) is 9.90. The van der Waals surface area contributed by atoms with Gasteiger partial charge in [-0.1, -0.05) is 20.1 Å². The predicted molar refractivity (Wildman–Crippen MR) is 81.7 cm³/mol. The Morgan fingerprint density at radius 3 is 2.37 bits per heavy atom. The first-order valence-electron chi connectivity index (χ1n) is 7.06. The SMILES string of the molecule is C=C(CC)C(=O)N(C)CCCN.C=CN1CCCC1. The monoisotopic (exact) mass is 267 g/mol. The maximum Gasteiger partial charge on any atom is 0.248 e. The van der Waals surface area contributed by atoms with Crippen molar-refractivity contribution in [3.8, 4) is 0 Å². The number of amides is 1. The third kappa shape index (κ3) is 7.67. The topological polar surface area (TPSA) is 49.6 Å². The summed E-state index contributed by atoms with van der Waals surface area (Å²) in [5.41, 5.74) is 5.99. The molecule has 0 aromatic heterocycles. The average molecular weight is 267 g/mol. The van der Waals surface area contributed by atoms with Crippen molar-refractivity contribution in [3.05, 3.63) is 24.9 Å². The lowest BCUT2D eigenvalue weighted by Crippen LogP contribution is -2.29. The van der Waals surface area contributed by atoms with E-state index in [1.54, 1.807) is 11.9 Å². The number of rotatable bonds is 6. The van der Waals surface area contributed by atoms with E-state index in [0.717, 1.165) is 6.42 Å². The van der Waals surface area contributed by atoms with Crippen molar-refractivity contribution >= 4 is 5.91 Å². The maximum atomic E-state index is 11.4. The lowest BCUT2D eigenvalue weighted by atomic mass is 10.2. The second-order valence-electron chi connectivity index (χ2n) is 4.75. The molecule has 2 N–H and O–H groups in total. The predicted octanol–water partition coefficient (Wildman–Crippen LogP) is 1.99. The van der Waals surface area contributed by atoms with E-state index in [1.807, 2.05) is 13.1 Å². The quantitative estimate of drug-likeness (QED) is 0.749. The van der Waals surface area contributed by atoms with E-state index in [0.29, 0.717) is 25.1 Å². The number of carbonyl (C=O) groups excluding carboxylic acids is 1. The minimum Gasteiger partial charge on any atom is -0.378 e. The Morgan fingerprint density at radius 1 is 1.42 bits per heavy atom. The number of hydrogen-bond acceptors (Lipinski definition) is 3. The third-order valence-corrected chi connectivity index (χ3v) is 3.17. The Bertz CT molecular complexity index is 283. The normalized spacial score (nSPS) is 13.5. The molecular weight excluding hydrogens is 238 g/mol. The van der Waals surface area contributed by atoms with Gasteiger partial charge in [-0.25, -0.2) is 0 Å². The fourth-order valence-electron chi connectivity index (χ4n) is 1.78. The van der Waals surface area contributed by atoms with E-state index in [-0.39, 0.29) is 5.91 Å². The van der Waals surface area contributed by atoms with E-state index in [4.69, 9.17) is 5.73 Å². The van der Waals surface area contributed by atoms with Gasteiger partial charge in [0.05, 0.1) is 0 Å². The van der Waals surface area contributed by atoms with Crippen molar-refractivity contribution in [2.24, 2.45) is 5.73 Å². The van der Waals surface area contributed by atoms with Crippen LogP contribution in [0.25, 0.3) is 0 Å². The highest BCUT2D eigenvalue weighted by Gasteiger charge is 2.09. The molecule has 1 heterocycles. The molecule has 1 fully saturated rings. The minimum absolute atomic E-state index is 0.0333. The first kappa shape index (κ1) is 17.7. The van der Waals surface area contributed by atoms with Crippen molar-refractivity contribution in [2.45, 2.75) is 32.6 Å². The zero-order valence-electron chi connectivity index (χ0n) is 12.5. The molecule has 0 saturated carbocycles. The van der Waals surface area contributed by atoms with Gasteiger partial charge in [0.1, 0.15) is 0 Å². The fraction of sp³-hybridized carbons (Fsp3) is 0.667. The van der Waals surface area contributed by atoms with Gasteiger partial charge >= 0.3 is 0 Å². The number of nitrogens with zero attached hydrogens (tertiary/aromatic N) is 2. The van der Waals surface area contributed by atoms with Crippen LogP contribution in [-0.4, -0.2) is 48.9 Å². The van der Waals surface area contributed by atoms with Gasteiger partial charge in [-0.15, -0.1) is 0 Å². The minimum atomic E-state index is 0.0333. The summed E-state index contributed by atoms with van der Waals surface area (Å²) in [6.07, 6.45) is 6.19. The van der Waals surface area contributed by atoms with Gasteiger partial charge in [0.25, 0.3) is 0 Å². The van der Waals surface area contributed by atoms with Gasteiger partial charge in [0.2, 0.25) is 5.91 Å². The third-order valence-electron chi connectivity index (χ3n) is 3.17. The summed E-state index contributed by atoms with van der Waals surface area (Å²) in [5.74, 6) is 0.0333. The van der Waals surface area contributed by atoms with Crippen LogP contribution in [0.15, 0.2) is 24.9 Å². The van der Waals surface area contributed by atoms with Crippen LogP contribution in [0, 0.1) is 0 Å². The van der Waals surface area contributed by atoms with Gasteiger partial charge in [0, 0.05) is 32.3 Å². The lowest BCUT2D eigenvalue weighted by Gasteiger charge is -2.17. The van der Waals surface area contributed by atoms with Crippen molar-refractivity contribution in [1.82, 2.24) is 9.80 Å². The van der Waals surface area contributed by atoms with Crippen molar-refractivity contribution in [3.63, 3.8) is 0 Å². The second kappa shape index (κ2) is 10.6. The molecule has 1 aliphatic heterocycles. The summed E-state index contributed by atoms with van der Waals surface area (Å²) in [6, 6.07) is 0. The molecule has 1 saturated heterocycles. The molecule has 0 unspecified atom stereocenters. The highest BCUT2D eigenvalue weighted by molar-refractivity contribution is 5.92. The first-order chi connectivity index (χ1) is 9.06. The number of carbonyl (C=O) groups is 1.